The van der Waals surface area contributed by atoms with Gasteiger partial charge in [0.2, 0.25) is 5.89 Å². The van der Waals surface area contributed by atoms with E-state index < -0.39 is 0 Å². The first-order valence-corrected chi connectivity index (χ1v) is 10.7. The molecule has 1 N–H and O–H groups in total. The highest BCUT2D eigenvalue weighted by Crippen LogP contribution is 2.27. The van der Waals surface area contributed by atoms with Crippen LogP contribution >= 0.6 is 0 Å². The van der Waals surface area contributed by atoms with E-state index in [1.165, 1.54) is 5.57 Å². The van der Waals surface area contributed by atoms with Gasteiger partial charge >= 0.3 is 0 Å². The molecule has 0 saturated heterocycles. The van der Waals surface area contributed by atoms with Crippen molar-refractivity contribution < 1.29 is 4.42 Å². The SMILES string of the molecule is C=CC(C=CC=C(C)C)(CC)N1C=CC(C(C)CCN(CC)Cc2ncco2)N1. The van der Waals surface area contributed by atoms with Crippen LogP contribution in [0.3, 0.4) is 0 Å². The lowest BCUT2D eigenvalue weighted by Gasteiger charge is -2.38. The number of hydrogen-bond donors (Lipinski definition) is 1. The Hall–Kier alpha value is -2.11. The van der Waals surface area contributed by atoms with Crippen LogP contribution in [0.4, 0.5) is 0 Å². The van der Waals surface area contributed by atoms with Crippen LogP contribution in [0.15, 0.2) is 65.6 Å². The quantitative estimate of drug-likeness (QED) is 0.393. The molecule has 0 aromatic carbocycles. The second-order valence-electron chi connectivity index (χ2n) is 8.08. The molecule has 2 heterocycles. The van der Waals surface area contributed by atoms with E-state index in [0.29, 0.717) is 12.0 Å². The number of oxazole rings is 1. The number of rotatable bonds is 12. The van der Waals surface area contributed by atoms with Crippen LogP contribution in [-0.2, 0) is 6.54 Å². The van der Waals surface area contributed by atoms with Crippen LogP contribution < -0.4 is 5.43 Å². The van der Waals surface area contributed by atoms with E-state index in [1.807, 2.05) is 6.08 Å². The lowest BCUT2D eigenvalue weighted by atomic mass is 9.94. The fourth-order valence-electron chi connectivity index (χ4n) is 3.52. The van der Waals surface area contributed by atoms with Crippen molar-refractivity contribution in [1.29, 1.82) is 0 Å². The molecule has 0 bridgehead atoms. The predicted molar refractivity (Wildman–Crippen MR) is 121 cm³/mol. The predicted octanol–water partition coefficient (Wildman–Crippen LogP) is 5.08. The van der Waals surface area contributed by atoms with Gasteiger partial charge in [-0.25, -0.2) is 10.4 Å². The summed E-state index contributed by atoms with van der Waals surface area (Å²) in [6.45, 7) is 17.8. The minimum absolute atomic E-state index is 0.225. The number of hydrogen-bond acceptors (Lipinski definition) is 5. The molecule has 0 spiro atoms. The Balaban J connectivity index is 1.92. The van der Waals surface area contributed by atoms with Gasteiger partial charge < -0.3 is 9.43 Å². The molecule has 0 fully saturated rings. The van der Waals surface area contributed by atoms with Crippen LogP contribution in [0.1, 0.15) is 53.4 Å². The molecule has 3 unspecified atom stereocenters. The van der Waals surface area contributed by atoms with Crippen LogP contribution in [0.5, 0.6) is 0 Å². The summed E-state index contributed by atoms with van der Waals surface area (Å²) in [5.41, 5.74) is 4.75. The first-order chi connectivity index (χ1) is 13.9. The topological polar surface area (TPSA) is 44.5 Å². The molecule has 1 aromatic rings. The fraction of sp³-hybridized carbons (Fsp3) is 0.542. The summed E-state index contributed by atoms with van der Waals surface area (Å²) in [4.78, 5) is 6.62. The molecule has 0 aliphatic carbocycles. The molecule has 0 radical (unpaired) electrons. The summed E-state index contributed by atoms with van der Waals surface area (Å²) in [5, 5.41) is 2.21. The molecule has 0 amide bonds. The zero-order valence-electron chi connectivity index (χ0n) is 18.8. The lowest BCUT2D eigenvalue weighted by Crippen LogP contribution is -2.51. The molecule has 29 heavy (non-hydrogen) atoms. The second kappa shape index (κ2) is 11.2. The third kappa shape index (κ3) is 6.44. The van der Waals surface area contributed by atoms with Crippen LogP contribution in [0.2, 0.25) is 0 Å². The van der Waals surface area contributed by atoms with Gasteiger partial charge in [0.05, 0.1) is 18.3 Å². The Morgan fingerprint density at radius 3 is 2.83 bits per heavy atom. The lowest BCUT2D eigenvalue weighted by molar-refractivity contribution is 0.148. The van der Waals surface area contributed by atoms with Crippen molar-refractivity contribution in [2.24, 2.45) is 5.92 Å². The Morgan fingerprint density at radius 2 is 2.24 bits per heavy atom. The van der Waals surface area contributed by atoms with Crippen LogP contribution in [-0.4, -0.2) is 39.6 Å². The van der Waals surface area contributed by atoms with E-state index in [9.17, 15) is 0 Å². The van der Waals surface area contributed by atoms with Crippen molar-refractivity contribution in [3.8, 4) is 0 Å². The number of aromatic nitrogens is 1. The molecule has 160 valence electrons. The second-order valence-corrected chi connectivity index (χ2v) is 8.08. The van der Waals surface area contributed by atoms with E-state index in [-0.39, 0.29) is 5.54 Å². The van der Waals surface area contributed by atoms with Gasteiger partial charge in [-0.2, -0.15) is 0 Å². The zero-order chi connectivity index (χ0) is 21.3. The number of allylic oxidation sites excluding steroid dienone is 3. The molecule has 1 aliphatic heterocycles. The third-order valence-electron chi connectivity index (χ3n) is 5.72. The highest BCUT2D eigenvalue weighted by atomic mass is 16.3. The van der Waals surface area contributed by atoms with Gasteiger partial charge in [0.1, 0.15) is 6.26 Å². The zero-order valence-corrected chi connectivity index (χ0v) is 18.8. The summed E-state index contributed by atoms with van der Waals surface area (Å²) in [7, 11) is 0. The molecule has 2 rings (SSSR count). The highest BCUT2D eigenvalue weighted by Gasteiger charge is 2.33. The van der Waals surface area contributed by atoms with Gasteiger partial charge in [-0.05, 0) is 51.8 Å². The fourth-order valence-corrected chi connectivity index (χ4v) is 3.52. The smallest absolute Gasteiger partial charge is 0.208 e. The largest absolute Gasteiger partial charge is 0.448 e. The van der Waals surface area contributed by atoms with Crippen molar-refractivity contribution in [2.75, 3.05) is 13.1 Å². The summed E-state index contributed by atoms with van der Waals surface area (Å²) < 4.78 is 5.39. The van der Waals surface area contributed by atoms with Crippen LogP contribution in [0.25, 0.3) is 0 Å². The van der Waals surface area contributed by atoms with Crippen molar-refractivity contribution >= 4 is 0 Å². The molecule has 1 aliphatic rings. The summed E-state index contributed by atoms with van der Waals surface area (Å²) in [5.74, 6) is 1.29. The molecule has 0 saturated carbocycles. The average Bonchev–Trinajstić information content (AvgIpc) is 3.40. The minimum Gasteiger partial charge on any atom is -0.448 e. The van der Waals surface area contributed by atoms with Gasteiger partial charge in [0.15, 0.2) is 0 Å². The maximum absolute atomic E-state index is 5.39. The van der Waals surface area contributed by atoms with Crippen molar-refractivity contribution in [1.82, 2.24) is 20.3 Å². The maximum Gasteiger partial charge on any atom is 0.208 e. The van der Waals surface area contributed by atoms with Crippen LogP contribution in [0, 0.1) is 5.92 Å². The molecule has 1 aromatic heterocycles. The van der Waals surface area contributed by atoms with Gasteiger partial charge in [-0.15, -0.1) is 6.58 Å². The number of nitrogens with zero attached hydrogens (tertiary/aromatic N) is 3. The van der Waals surface area contributed by atoms with E-state index in [4.69, 9.17) is 4.42 Å². The normalized spacial score (nSPS) is 19.7. The summed E-state index contributed by atoms with van der Waals surface area (Å²) >= 11 is 0. The Labute approximate surface area is 176 Å². The number of hydrazine groups is 1. The van der Waals surface area contributed by atoms with Gasteiger partial charge in [-0.3, -0.25) is 4.90 Å². The van der Waals surface area contributed by atoms with E-state index in [0.717, 1.165) is 38.4 Å². The standard InChI is InChI=1S/C24H38N4O/c1-7-24(8-2,14-10-11-20(4)5)28-17-13-22(26-28)21(6)12-16-27(9-3)19-23-25-15-18-29-23/h7,10-11,13-15,17-18,21-22,26H,1,8-9,12,16,19H2,2-6H3. The van der Waals surface area contributed by atoms with Gasteiger partial charge in [-0.1, -0.05) is 50.6 Å². The highest BCUT2D eigenvalue weighted by molar-refractivity contribution is 5.24. The molecular weight excluding hydrogens is 360 g/mol. The molecule has 5 nitrogen and oxygen atoms in total. The van der Waals surface area contributed by atoms with Gasteiger partial charge in [0, 0.05) is 12.2 Å². The van der Waals surface area contributed by atoms with Gasteiger partial charge in [0.25, 0.3) is 0 Å². The summed E-state index contributed by atoms with van der Waals surface area (Å²) in [6, 6.07) is 0.318. The monoisotopic (exact) mass is 398 g/mol. The van der Waals surface area contributed by atoms with Crippen molar-refractivity contribution in [2.45, 2.75) is 65.6 Å². The van der Waals surface area contributed by atoms with Crippen molar-refractivity contribution in [3.63, 3.8) is 0 Å². The Kier molecular flexibility index (Phi) is 8.93. The Bertz CT molecular complexity index is 702. The first-order valence-electron chi connectivity index (χ1n) is 10.7. The Morgan fingerprint density at radius 1 is 1.45 bits per heavy atom. The maximum atomic E-state index is 5.39. The van der Waals surface area contributed by atoms with Crippen molar-refractivity contribution in [3.05, 3.63) is 67.1 Å². The van der Waals surface area contributed by atoms with E-state index in [1.54, 1.807) is 12.5 Å². The van der Waals surface area contributed by atoms with E-state index in [2.05, 4.69) is 92.0 Å². The summed E-state index contributed by atoms with van der Waals surface area (Å²) in [6.07, 6.45) is 18.4. The molecular formula is C24H38N4O. The minimum atomic E-state index is -0.225. The third-order valence-corrected chi connectivity index (χ3v) is 5.72. The molecule has 3 atom stereocenters. The number of nitrogens with one attached hydrogen (secondary N) is 1. The molecule has 5 heteroatoms. The average molecular weight is 399 g/mol. The first kappa shape index (κ1) is 23.2. The van der Waals surface area contributed by atoms with E-state index >= 15 is 0 Å².